The SMILES string of the molecule is COC(=O)CCSCC(=O)Nc1cc(NC(=O)OCC[Si](C)(C)C)cc(C)c1-c1cccc(S(=O)(=O)c2cc(C=NNC(=O)OC(C)(C)C)sc2SC)c1. The Morgan fingerprint density at radius 2 is 1.74 bits per heavy atom. The van der Waals surface area contributed by atoms with Gasteiger partial charge in [0, 0.05) is 30.0 Å². The average molecular weight is 837 g/mol. The lowest BCUT2D eigenvalue weighted by Gasteiger charge is -2.18. The van der Waals surface area contributed by atoms with Crippen LogP contribution in [0.1, 0.15) is 37.6 Å². The van der Waals surface area contributed by atoms with Crippen LogP contribution in [0.5, 0.6) is 0 Å². The zero-order chi connectivity index (χ0) is 40.3. The van der Waals surface area contributed by atoms with Gasteiger partial charge in [-0.05, 0) is 81.5 Å². The summed E-state index contributed by atoms with van der Waals surface area (Å²) < 4.78 is 44.1. The van der Waals surface area contributed by atoms with E-state index in [-0.39, 0.29) is 40.4 Å². The quantitative estimate of drug-likeness (QED) is 0.0241. The predicted molar refractivity (Wildman–Crippen MR) is 221 cm³/mol. The molecule has 0 saturated carbocycles. The van der Waals surface area contributed by atoms with Crippen molar-refractivity contribution in [2.75, 3.05) is 42.1 Å². The first-order chi connectivity index (χ1) is 25.2. The van der Waals surface area contributed by atoms with E-state index >= 15 is 0 Å². The number of hydrazone groups is 1. The minimum Gasteiger partial charge on any atom is -0.469 e. The van der Waals surface area contributed by atoms with E-state index in [0.717, 1.165) is 6.04 Å². The Morgan fingerprint density at radius 3 is 2.39 bits per heavy atom. The molecule has 2 aromatic carbocycles. The number of esters is 1. The molecule has 13 nitrogen and oxygen atoms in total. The molecule has 0 saturated heterocycles. The summed E-state index contributed by atoms with van der Waals surface area (Å²) in [7, 11) is -4.18. The largest absolute Gasteiger partial charge is 0.469 e. The highest BCUT2D eigenvalue weighted by atomic mass is 32.2. The molecular formula is C36H48N4O9S4Si. The van der Waals surface area contributed by atoms with Gasteiger partial charge in [-0.1, -0.05) is 31.8 Å². The van der Waals surface area contributed by atoms with Crippen LogP contribution < -0.4 is 16.1 Å². The molecule has 0 atom stereocenters. The second-order valence-corrected chi connectivity index (χ2v) is 24.9. The number of rotatable bonds is 16. The standard InChI is InChI=1S/C36H48N4O9S4Si/c1-23-17-25(38-34(43)48-14-16-54(7,8)9)19-28(39-30(41)22-51-15-13-31(42)47-5)32(23)24-11-10-12-27(18-24)53(45,46)29-20-26(52-33(29)50-6)21-37-40-35(44)49-36(2,3)4/h10-12,17-21H,13-16,22H2,1-9H3,(H,38,43)(H,39,41)(H,40,44). The van der Waals surface area contributed by atoms with Crippen molar-refractivity contribution in [3.63, 3.8) is 0 Å². The maximum atomic E-state index is 14.1. The number of amides is 3. The van der Waals surface area contributed by atoms with Gasteiger partial charge in [0.15, 0.2) is 0 Å². The molecular weight excluding hydrogens is 789 g/mol. The average Bonchev–Trinajstić information content (AvgIpc) is 3.49. The summed E-state index contributed by atoms with van der Waals surface area (Å²) in [5, 5.41) is 9.57. The van der Waals surface area contributed by atoms with E-state index in [0.29, 0.717) is 42.9 Å². The highest BCUT2D eigenvalue weighted by Gasteiger charge is 2.26. The lowest BCUT2D eigenvalue weighted by Crippen LogP contribution is -2.29. The fourth-order valence-electron chi connectivity index (χ4n) is 4.72. The van der Waals surface area contributed by atoms with E-state index in [9.17, 15) is 27.6 Å². The van der Waals surface area contributed by atoms with E-state index < -0.39 is 35.7 Å². The molecule has 0 spiro atoms. The Balaban J connectivity index is 1.96. The van der Waals surface area contributed by atoms with Crippen LogP contribution in [0, 0.1) is 6.92 Å². The topological polar surface area (TPSA) is 179 Å². The van der Waals surface area contributed by atoms with Gasteiger partial charge in [0.05, 0.1) is 51.8 Å². The number of ether oxygens (including phenoxy) is 3. The predicted octanol–water partition coefficient (Wildman–Crippen LogP) is 8.26. The Bertz CT molecular complexity index is 1970. The van der Waals surface area contributed by atoms with Crippen LogP contribution in [0.2, 0.25) is 25.7 Å². The number of hydrogen-bond acceptors (Lipinski definition) is 13. The van der Waals surface area contributed by atoms with E-state index in [1.165, 1.54) is 66.4 Å². The molecule has 0 fully saturated rings. The summed E-state index contributed by atoms with van der Waals surface area (Å²) >= 11 is 3.73. The molecule has 1 heterocycles. The van der Waals surface area contributed by atoms with Gasteiger partial charge in [0.25, 0.3) is 0 Å². The summed E-state index contributed by atoms with van der Waals surface area (Å²) in [5.74, 6) is -0.319. The molecule has 3 rings (SSSR count). The van der Waals surface area contributed by atoms with E-state index in [1.807, 2.05) is 0 Å². The number of hydrogen-bond donors (Lipinski definition) is 3. The second kappa shape index (κ2) is 19.7. The monoisotopic (exact) mass is 836 g/mol. The number of carbonyl (C=O) groups excluding carboxylic acids is 4. The Kier molecular flexibility index (Phi) is 16.2. The summed E-state index contributed by atoms with van der Waals surface area (Å²) in [5.41, 5.74) is 4.01. The summed E-state index contributed by atoms with van der Waals surface area (Å²) in [6, 6.07) is 12.0. The lowest BCUT2D eigenvalue weighted by molar-refractivity contribution is -0.140. The molecule has 3 amide bonds. The molecule has 0 bridgehead atoms. The third-order valence-corrected chi connectivity index (χ3v) is 14.1. The molecule has 0 radical (unpaired) electrons. The van der Waals surface area contributed by atoms with Crippen LogP contribution in [0.3, 0.4) is 0 Å². The third kappa shape index (κ3) is 14.1. The van der Waals surface area contributed by atoms with Gasteiger partial charge in [0.2, 0.25) is 15.7 Å². The first-order valence-corrected chi connectivity index (χ1v) is 25.2. The molecule has 3 aromatic rings. The first-order valence-electron chi connectivity index (χ1n) is 16.8. The van der Waals surface area contributed by atoms with Gasteiger partial charge >= 0.3 is 18.2 Å². The number of carbonyl (C=O) groups is 4. The second-order valence-electron chi connectivity index (χ2n) is 14.1. The number of aryl methyl sites for hydroxylation is 1. The Hall–Kier alpha value is -3.84. The number of benzene rings is 2. The highest BCUT2D eigenvalue weighted by molar-refractivity contribution is 8.01. The third-order valence-electron chi connectivity index (χ3n) is 7.19. The molecule has 54 heavy (non-hydrogen) atoms. The Labute approximate surface area is 330 Å². The van der Waals surface area contributed by atoms with Crippen molar-refractivity contribution in [3.8, 4) is 11.1 Å². The van der Waals surface area contributed by atoms with Crippen LogP contribution in [-0.2, 0) is 33.6 Å². The minimum atomic E-state index is -4.06. The number of thioether (sulfide) groups is 2. The van der Waals surface area contributed by atoms with Gasteiger partial charge < -0.3 is 19.5 Å². The van der Waals surface area contributed by atoms with Crippen molar-refractivity contribution in [2.45, 2.75) is 79.4 Å². The number of nitrogens with zero attached hydrogens (tertiary/aromatic N) is 1. The van der Waals surface area contributed by atoms with E-state index in [4.69, 9.17) is 9.47 Å². The maximum absolute atomic E-state index is 14.1. The van der Waals surface area contributed by atoms with E-state index in [2.05, 4.69) is 45.5 Å². The van der Waals surface area contributed by atoms with Crippen LogP contribution in [-0.4, -0.2) is 83.8 Å². The van der Waals surface area contributed by atoms with Gasteiger partial charge in [-0.25, -0.2) is 23.4 Å². The fourth-order valence-corrected chi connectivity index (χ4v) is 10.1. The summed E-state index contributed by atoms with van der Waals surface area (Å²) in [4.78, 5) is 49.9. The lowest BCUT2D eigenvalue weighted by atomic mass is 9.97. The van der Waals surface area contributed by atoms with Gasteiger partial charge in [-0.3, -0.25) is 14.9 Å². The van der Waals surface area contributed by atoms with Crippen molar-refractivity contribution in [3.05, 3.63) is 52.9 Å². The molecule has 18 heteroatoms. The summed E-state index contributed by atoms with van der Waals surface area (Å²) in [6.07, 6.45) is 1.90. The maximum Gasteiger partial charge on any atom is 0.428 e. The fraction of sp³-hybridized carbons (Fsp3) is 0.417. The number of methoxy groups -OCH3 is 1. The van der Waals surface area contributed by atoms with Crippen LogP contribution in [0.15, 0.2) is 61.6 Å². The summed E-state index contributed by atoms with van der Waals surface area (Å²) in [6.45, 7) is 13.8. The molecule has 0 aliphatic heterocycles. The number of nitrogens with one attached hydrogen (secondary N) is 3. The first kappa shape index (κ1) is 44.6. The van der Waals surface area contributed by atoms with Crippen LogP contribution >= 0.6 is 34.9 Å². The van der Waals surface area contributed by atoms with Crippen molar-refractivity contribution >= 4 is 94.4 Å². The van der Waals surface area contributed by atoms with Crippen molar-refractivity contribution < 1.29 is 41.8 Å². The molecule has 0 aliphatic carbocycles. The van der Waals surface area contributed by atoms with Crippen molar-refractivity contribution in [2.24, 2.45) is 5.10 Å². The minimum absolute atomic E-state index is 0.0201. The van der Waals surface area contributed by atoms with Crippen LogP contribution in [0.4, 0.5) is 21.0 Å². The Morgan fingerprint density at radius 1 is 1.02 bits per heavy atom. The molecule has 3 N–H and O–H groups in total. The molecule has 1 aromatic heterocycles. The van der Waals surface area contributed by atoms with Gasteiger partial charge in [-0.2, -0.15) is 16.9 Å². The van der Waals surface area contributed by atoms with Gasteiger partial charge in [-0.15, -0.1) is 23.1 Å². The van der Waals surface area contributed by atoms with Gasteiger partial charge in [0.1, 0.15) is 5.60 Å². The molecule has 0 unspecified atom stereocenters. The number of sulfone groups is 1. The zero-order valence-corrected chi connectivity index (χ0v) is 36.2. The van der Waals surface area contributed by atoms with Crippen molar-refractivity contribution in [1.29, 1.82) is 0 Å². The van der Waals surface area contributed by atoms with Crippen molar-refractivity contribution in [1.82, 2.24) is 5.43 Å². The highest BCUT2D eigenvalue weighted by Crippen LogP contribution is 2.39. The number of thiophene rings is 1. The van der Waals surface area contributed by atoms with Crippen LogP contribution in [0.25, 0.3) is 11.1 Å². The molecule has 294 valence electrons. The molecule has 0 aliphatic rings. The normalized spacial score (nSPS) is 11.9. The smallest absolute Gasteiger partial charge is 0.428 e. The zero-order valence-electron chi connectivity index (χ0n) is 31.9. The number of anilines is 2. The van der Waals surface area contributed by atoms with E-state index in [1.54, 1.807) is 58.2 Å².